The summed E-state index contributed by atoms with van der Waals surface area (Å²) < 4.78 is 14.1. The van der Waals surface area contributed by atoms with Gasteiger partial charge in [0.2, 0.25) is 5.82 Å². The molecule has 0 saturated heterocycles. The Bertz CT molecular complexity index is 536. The van der Waals surface area contributed by atoms with Gasteiger partial charge in [-0.3, -0.25) is 15.0 Å². The monoisotopic (exact) mass is 277 g/mol. The Hall–Kier alpha value is -2.00. The minimum atomic E-state index is -0.793. The minimum absolute atomic E-state index is 0.215. The van der Waals surface area contributed by atoms with Crippen molar-refractivity contribution in [3.63, 3.8) is 0 Å². The second-order valence-electron chi connectivity index (χ2n) is 5.01. The molecule has 0 heterocycles. The third kappa shape index (κ3) is 3.11. The number of nitro benzene ring substituents is 1. The van der Waals surface area contributed by atoms with Crippen LogP contribution < -0.4 is 0 Å². The maximum atomic E-state index is 14.1. The van der Waals surface area contributed by atoms with Gasteiger partial charge in [0.05, 0.1) is 17.5 Å². The van der Waals surface area contributed by atoms with Gasteiger partial charge >= 0.3 is 5.69 Å². The predicted molar refractivity (Wildman–Crippen MR) is 71.3 cm³/mol. The maximum Gasteiger partial charge on any atom is 0.305 e. The average Bonchev–Trinajstić information content (AvgIpc) is 2.94. The molecule has 0 radical (unpaired) electrons. The number of hydrogen-bond acceptors (Lipinski definition) is 4. The highest BCUT2D eigenvalue weighted by Gasteiger charge is 2.25. The van der Waals surface area contributed by atoms with E-state index in [1.165, 1.54) is 6.07 Å². The van der Waals surface area contributed by atoms with Crippen LogP contribution in [0.1, 0.15) is 31.2 Å². The SMILES string of the molecule is N#CCN(Cc1cccc([N+](=O)[O-])c1F)C1CCCC1. The molecule has 0 amide bonds. The number of nitriles is 1. The molecule has 1 saturated carbocycles. The lowest BCUT2D eigenvalue weighted by atomic mass is 10.1. The molecule has 1 fully saturated rings. The molecule has 5 nitrogen and oxygen atoms in total. The number of hydrogen-bond donors (Lipinski definition) is 0. The molecular weight excluding hydrogens is 261 g/mol. The molecular formula is C14H16FN3O2. The Morgan fingerprint density at radius 1 is 1.45 bits per heavy atom. The summed E-state index contributed by atoms with van der Waals surface area (Å²) in [5.74, 6) is -0.793. The van der Waals surface area contributed by atoms with E-state index < -0.39 is 16.4 Å². The highest BCUT2D eigenvalue weighted by Crippen LogP contribution is 2.27. The van der Waals surface area contributed by atoms with Crippen LogP contribution in [0.3, 0.4) is 0 Å². The van der Waals surface area contributed by atoms with Gasteiger partial charge in [-0.05, 0) is 12.8 Å². The Kier molecular flexibility index (Phi) is 4.64. The van der Waals surface area contributed by atoms with Gasteiger partial charge in [0.1, 0.15) is 0 Å². The van der Waals surface area contributed by atoms with E-state index in [9.17, 15) is 14.5 Å². The van der Waals surface area contributed by atoms with Crippen LogP contribution in [0.5, 0.6) is 0 Å². The molecule has 0 aliphatic heterocycles. The molecule has 1 aliphatic rings. The Balaban J connectivity index is 2.20. The summed E-state index contributed by atoms with van der Waals surface area (Å²) in [5.41, 5.74) is -0.229. The van der Waals surface area contributed by atoms with Gasteiger partial charge < -0.3 is 0 Å². The van der Waals surface area contributed by atoms with E-state index in [0.29, 0.717) is 0 Å². The highest BCUT2D eigenvalue weighted by atomic mass is 19.1. The average molecular weight is 277 g/mol. The summed E-state index contributed by atoms with van der Waals surface area (Å²) in [6, 6.07) is 6.54. The van der Waals surface area contributed by atoms with Crippen LogP contribution in [0.15, 0.2) is 18.2 Å². The Morgan fingerprint density at radius 2 is 2.15 bits per heavy atom. The third-order valence-corrected chi connectivity index (χ3v) is 3.74. The zero-order valence-electron chi connectivity index (χ0n) is 11.1. The maximum absolute atomic E-state index is 14.1. The summed E-state index contributed by atoms with van der Waals surface area (Å²) in [6.45, 7) is 0.457. The molecule has 106 valence electrons. The van der Waals surface area contributed by atoms with Crippen molar-refractivity contribution >= 4 is 5.69 Å². The fraction of sp³-hybridized carbons (Fsp3) is 0.500. The first-order valence-electron chi connectivity index (χ1n) is 6.66. The molecule has 1 aromatic carbocycles. The summed E-state index contributed by atoms with van der Waals surface area (Å²) in [5, 5.41) is 19.6. The molecule has 0 unspecified atom stereocenters. The molecule has 2 rings (SSSR count). The standard InChI is InChI=1S/C14H16FN3O2/c15-14-11(4-3-7-13(14)18(19)20)10-17(9-8-16)12-5-1-2-6-12/h3-4,7,12H,1-2,5-6,9-10H2. The lowest BCUT2D eigenvalue weighted by Crippen LogP contribution is -2.33. The Labute approximate surface area is 116 Å². The van der Waals surface area contributed by atoms with Crippen molar-refractivity contribution in [3.05, 3.63) is 39.7 Å². The third-order valence-electron chi connectivity index (χ3n) is 3.74. The molecule has 0 spiro atoms. The van der Waals surface area contributed by atoms with E-state index >= 15 is 0 Å². The topological polar surface area (TPSA) is 70.2 Å². The first kappa shape index (κ1) is 14.4. The minimum Gasteiger partial charge on any atom is -0.283 e. The predicted octanol–water partition coefficient (Wildman–Crippen LogP) is 3.00. The van der Waals surface area contributed by atoms with Crippen LogP contribution >= 0.6 is 0 Å². The first-order valence-corrected chi connectivity index (χ1v) is 6.66. The van der Waals surface area contributed by atoms with Crippen LogP contribution in [-0.2, 0) is 6.54 Å². The number of halogens is 1. The van der Waals surface area contributed by atoms with Crippen molar-refractivity contribution in [2.75, 3.05) is 6.54 Å². The van der Waals surface area contributed by atoms with E-state index in [0.717, 1.165) is 31.7 Å². The largest absolute Gasteiger partial charge is 0.305 e. The van der Waals surface area contributed by atoms with E-state index in [4.69, 9.17) is 5.26 Å². The molecule has 1 aliphatic carbocycles. The van der Waals surface area contributed by atoms with E-state index in [2.05, 4.69) is 6.07 Å². The molecule has 0 bridgehead atoms. The first-order chi connectivity index (χ1) is 9.63. The number of nitro groups is 1. The second-order valence-corrected chi connectivity index (χ2v) is 5.01. The summed E-state index contributed by atoms with van der Waals surface area (Å²) >= 11 is 0. The van der Waals surface area contributed by atoms with Crippen LogP contribution in [0.2, 0.25) is 0 Å². The van der Waals surface area contributed by atoms with Crippen molar-refractivity contribution < 1.29 is 9.31 Å². The zero-order chi connectivity index (χ0) is 14.5. The Morgan fingerprint density at radius 3 is 2.75 bits per heavy atom. The van der Waals surface area contributed by atoms with Crippen LogP contribution in [-0.4, -0.2) is 22.4 Å². The summed E-state index contributed by atoms with van der Waals surface area (Å²) in [6.07, 6.45) is 4.23. The van der Waals surface area contributed by atoms with E-state index in [1.54, 1.807) is 6.07 Å². The van der Waals surface area contributed by atoms with Gasteiger partial charge in [-0.15, -0.1) is 0 Å². The van der Waals surface area contributed by atoms with Crippen LogP contribution in [0.25, 0.3) is 0 Å². The van der Waals surface area contributed by atoms with Gasteiger partial charge in [0.25, 0.3) is 0 Å². The lowest BCUT2D eigenvalue weighted by Gasteiger charge is -2.26. The molecule has 20 heavy (non-hydrogen) atoms. The van der Waals surface area contributed by atoms with E-state index in [-0.39, 0.29) is 24.7 Å². The van der Waals surface area contributed by atoms with E-state index in [1.807, 2.05) is 4.90 Å². The van der Waals surface area contributed by atoms with Crippen LogP contribution in [0, 0.1) is 27.3 Å². The molecule has 6 heteroatoms. The highest BCUT2D eigenvalue weighted by molar-refractivity contribution is 5.36. The number of nitrogens with zero attached hydrogens (tertiary/aromatic N) is 3. The number of rotatable bonds is 5. The van der Waals surface area contributed by atoms with Gasteiger partial charge in [-0.1, -0.05) is 25.0 Å². The van der Waals surface area contributed by atoms with Gasteiger partial charge in [0.15, 0.2) is 0 Å². The molecule has 0 aromatic heterocycles. The van der Waals surface area contributed by atoms with Crippen molar-refractivity contribution in [2.24, 2.45) is 0 Å². The lowest BCUT2D eigenvalue weighted by molar-refractivity contribution is -0.387. The molecule has 1 aromatic rings. The van der Waals surface area contributed by atoms with Crippen molar-refractivity contribution in [2.45, 2.75) is 38.3 Å². The number of benzene rings is 1. The fourth-order valence-electron chi connectivity index (χ4n) is 2.72. The second kappa shape index (κ2) is 6.44. The van der Waals surface area contributed by atoms with Gasteiger partial charge in [-0.2, -0.15) is 9.65 Å². The smallest absolute Gasteiger partial charge is 0.283 e. The summed E-state index contributed by atoms with van der Waals surface area (Å²) in [4.78, 5) is 11.9. The van der Waals surface area contributed by atoms with Crippen molar-refractivity contribution in [1.82, 2.24) is 4.90 Å². The normalized spacial score (nSPS) is 15.4. The zero-order valence-corrected chi connectivity index (χ0v) is 11.1. The van der Waals surface area contributed by atoms with Gasteiger partial charge in [-0.25, -0.2) is 0 Å². The fourth-order valence-corrected chi connectivity index (χ4v) is 2.72. The van der Waals surface area contributed by atoms with Gasteiger partial charge in [0, 0.05) is 24.2 Å². The van der Waals surface area contributed by atoms with Crippen molar-refractivity contribution in [1.29, 1.82) is 5.26 Å². The quantitative estimate of drug-likeness (QED) is 0.471. The summed E-state index contributed by atoms with van der Waals surface area (Å²) in [7, 11) is 0. The van der Waals surface area contributed by atoms with Crippen LogP contribution in [0.4, 0.5) is 10.1 Å². The molecule has 0 N–H and O–H groups in total. The molecule has 0 atom stereocenters. The van der Waals surface area contributed by atoms with Crippen molar-refractivity contribution in [3.8, 4) is 6.07 Å².